The van der Waals surface area contributed by atoms with Crippen molar-refractivity contribution in [2.75, 3.05) is 19.6 Å². The summed E-state index contributed by atoms with van der Waals surface area (Å²) in [6.45, 7) is 6.58. The van der Waals surface area contributed by atoms with Gasteiger partial charge in [-0.15, -0.1) is 0 Å². The molecule has 0 saturated carbocycles. The number of rotatable bonds is 2. The summed E-state index contributed by atoms with van der Waals surface area (Å²) < 4.78 is 0. The van der Waals surface area contributed by atoms with Crippen LogP contribution in [0, 0.1) is 0 Å². The van der Waals surface area contributed by atoms with E-state index >= 15 is 0 Å². The summed E-state index contributed by atoms with van der Waals surface area (Å²) in [4.78, 5) is 13.0. The van der Waals surface area contributed by atoms with E-state index in [9.17, 15) is 4.79 Å². The smallest absolute Gasteiger partial charge is 0.219 e. The molecule has 0 spiro atoms. The molecule has 0 aromatic heterocycles. The van der Waals surface area contributed by atoms with Crippen molar-refractivity contribution in [1.82, 2.24) is 10.2 Å². The molecule has 0 aromatic rings. The van der Waals surface area contributed by atoms with Gasteiger partial charge < -0.3 is 10.2 Å². The highest BCUT2D eigenvalue weighted by molar-refractivity contribution is 5.73. The number of amides is 1. The number of carbonyl (C=O) groups excluding carboxylic acids is 1. The first-order valence-corrected chi connectivity index (χ1v) is 4.73. The number of nitrogens with zero attached hydrogens (tertiary/aromatic N) is 1. The standard InChI is InChI=1S/C9H18N2O/c1-3-10-9-5-4-6-11(7-9)8(2)12/h9-10H,3-7H2,1-2H3. The largest absolute Gasteiger partial charge is 0.341 e. The lowest BCUT2D eigenvalue weighted by Gasteiger charge is -2.32. The number of hydrogen-bond donors (Lipinski definition) is 1. The fraction of sp³-hybridized carbons (Fsp3) is 0.889. The van der Waals surface area contributed by atoms with E-state index in [4.69, 9.17) is 0 Å². The summed E-state index contributed by atoms with van der Waals surface area (Å²) >= 11 is 0. The molecule has 1 aliphatic rings. The molecule has 1 N–H and O–H groups in total. The third kappa shape index (κ3) is 2.48. The van der Waals surface area contributed by atoms with Crippen molar-refractivity contribution in [3.8, 4) is 0 Å². The van der Waals surface area contributed by atoms with Crippen LogP contribution in [0.3, 0.4) is 0 Å². The SMILES string of the molecule is CCNC1CCCN(C(C)=O)C1. The van der Waals surface area contributed by atoms with Gasteiger partial charge in [0.1, 0.15) is 0 Å². The van der Waals surface area contributed by atoms with Gasteiger partial charge >= 0.3 is 0 Å². The van der Waals surface area contributed by atoms with E-state index < -0.39 is 0 Å². The topological polar surface area (TPSA) is 32.3 Å². The Morgan fingerprint density at radius 1 is 1.67 bits per heavy atom. The van der Waals surface area contributed by atoms with Gasteiger partial charge in [0.15, 0.2) is 0 Å². The van der Waals surface area contributed by atoms with Crippen LogP contribution < -0.4 is 5.32 Å². The summed E-state index contributed by atoms with van der Waals surface area (Å²) in [5.74, 6) is 0.206. The zero-order valence-electron chi connectivity index (χ0n) is 7.97. The molecular weight excluding hydrogens is 152 g/mol. The van der Waals surface area contributed by atoms with Crippen LogP contribution in [0.2, 0.25) is 0 Å². The molecule has 12 heavy (non-hydrogen) atoms. The minimum Gasteiger partial charge on any atom is -0.341 e. The van der Waals surface area contributed by atoms with Crippen LogP contribution in [0.4, 0.5) is 0 Å². The Bertz CT molecular complexity index is 157. The maximum Gasteiger partial charge on any atom is 0.219 e. The van der Waals surface area contributed by atoms with Crippen LogP contribution in [0.1, 0.15) is 26.7 Å². The fourth-order valence-corrected chi connectivity index (χ4v) is 1.72. The molecule has 1 unspecified atom stereocenters. The number of carbonyl (C=O) groups is 1. The molecule has 0 aliphatic carbocycles. The molecular formula is C9H18N2O. The van der Waals surface area contributed by atoms with Crippen molar-refractivity contribution in [1.29, 1.82) is 0 Å². The molecule has 3 nitrogen and oxygen atoms in total. The minimum absolute atomic E-state index is 0.206. The summed E-state index contributed by atoms with van der Waals surface area (Å²) in [6, 6.07) is 0.521. The molecule has 3 heteroatoms. The maximum atomic E-state index is 11.0. The van der Waals surface area contributed by atoms with Crippen molar-refractivity contribution < 1.29 is 4.79 Å². The van der Waals surface area contributed by atoms with Gasteiger partial charge in [-0.25, -0.2) is 0 Å². The summed E-state index contributed by atoms with van der Waals surface area (Å²) in [6.07, 6.45) is 2.34. The first kappa shape index (κ1) is 9.52. The zero-order valence-corrected chi connectivity index (χ0v) is 7.97. The minimum atomic E-state index is 0.206. The second-order valence-corrected chi connectivity index (χ2v) is 3.36. The van der Waals surface area contributed by atoms with E-state index in [0.717, 1.165) is 26.1 Å². The van der Waals surface area contributed by atoms with Gasteiger partial charge in [0, 0.05) is 26.1 Å². The van der Waals surface area contributed by atoms with Crippen LogP contribution in [-0.2, 0) is 4.79 Å². The van der Waals surface area contributed by atoms with Crippen molar-refractivity contribution >= 4 is 5.91 Å². The van der Waals surface area contributed by atoms with Crippen LogP contribution in [0.15, 0.2) is 0 Å². The van der Waals surface area contributed by atoms with Gasteiger partial charge in [0.2, 0.25) is 5.91 Å². The Morgan fingerprint density at radius 3 is 3.00 bits per heavy atom. The number of hydrogen-bond acceptors (Lipinski definition) is 2. The summed E-state index contributed by atoms with van der Waals surface area (Å²) in [5, 5.41) is 3.38. The highest BCUT2D eigenvalue weighted by Crippen LogP contribution is 2.09. The predicted octanol–water partition coefficient (Wildman–Crippen LogP) is 0.607. The first-order chi connectivity index (χ1) is 5.74. The fourth-order valence-electron chi connectivity index (χ4n) is 1.72. The van der Waals surface area contributed by atoms with Crippen molar-refractivity contribution in [2.45, 2.75) is 32.7 Å². The van der Waals surface area contributed by atoms with E-state index in [2.05, 4.69) is 12.2 Å². The molecule has 0 aromatic carbocycles. The van der Waals surface area contributed by atoms with Crippen molar-refractivity contribution in [3.05, 3.63) is 0 Å². The van der Waals surface area contributed by atoms with Gasteiger partial charge in [0.05, 0.1) is 0 Å². The lowest BCUT2D eigenvalue weighted by molar-refractivity contribution is -0.130. The van der Waals surface area contributed by atoms with Crippen LogP contribution in [-0.4, -0.2) is 36.5 Å². The predicted molar refractivity (Wildman–Crippen MR) is 49.0 cm³/mol. The van der Waals surface area contributed by atoms with Crippen LogP contribution in [0.25, 0.3) is 0 Å². The van der Waals surface area contributed by atoms with Gasteiger partial charge in [-0.1, -0.05) is 6.92 Å². The molecule has 1 saturated heterocycles. The van der Waals surface area contributed by atoms with Crippen LogP contribution in [0.5, 0.6) is 0 Å². The Hall–Kier alpha value is -0.570. The molecule has 0 bridgehead atoms. The number of likely N-dealkylation sites (N-methyl/N-ethyl adjacent to an activating group) is 1. The quantitative estimate of drug-likeness (QED) is 0.658. The maximum absolute atomic E-state index is 11.0. The Kier molecular flexibility index (Phi) is 3.53. The number of likely N-dealkylation sites (tertiary alicyclic amines) is 1. The van der Waals surface area contributed by atoms with Gasteiger partial charge in [-0.2, -0.15) is 0 Å². The third-order valence-corrected chi connectivity index (χ3v) is 2.36. The van der Waals surface area contributed by atoms with Gasteiger partial charge in [-0.05, 0) is 19.4 Å². The Balaban J connectivity index is 2.35. The van der Waals surface area contributed by atoms with Gasteiger partial charge in [-0.3, -0.25) is 4.79 Å². The lowest BCUT2D eigenvalue weighted by Crippen LogP contribution is -2.47. The zero-order chi connectivity index (χ0) is 8.97. The van der Waals surface area contributed by atoms with Gasteiger partial charge in [0.25, 0.3) is 0 Å². The van der Waals surface area contributed by atoms with Crippen LogP contribution >= 0.6 is 0 Å². The Labute approximate surface area is 74.1 Å². The van der Waals surface area contributed by atoms with Crippen molar-refractivity contribution in [2.24, 2.45) is 0 Å². The van der Waals surface area contributed by atoms with E-state index in [1.54, 1.807) is 6.92 Å². The molecule has 1 rings (SSSR count). The van der Waals surface area contributed by atoms with E-state index in [-0.39, 0.29) is 5.91 Å². The second-order valence-electron chi connectivity index (χ2n) is 3.36. The van der Waals surface area contributed by atoms with E-state index in [1.165, 1.54) is 6.42 Å². The monoisotopic (exact) mass is 170 g/mol. The Morgan fingerprint density at radius 2 is 2.42 bits per heavy atom. The molecule has 1 atom stereocenters. The molecule has 70 valence electrons. The van der Waals surface area contributed by atoms with E-state index in [1.807, 2.05) is 4.90 Å². The highest BCUT2D eigenvalue weighted by atomic mass is 16.2. The average molecular weight is 170 g/mol. The third-order valence-electron chi connectivity index (χ3n) is 2.36. The molecule has 1 heterocycles. The highest BCUT2D eigenvalue weighted by Gasteiger charge is 2.19. The van der Waals surface area contributed by atoms with E-state index in [0.29, 0.717) is 6.04 Å². The average Bonchev–Trinajstić information content (AvgIpc) is 2.05. The summed E-state index contributed by atoms with van der Waals surface area (Å²) in [7, 11) is 0. The number of piperidine rings is 1. The normalized spacial score (nSPS) is 24.2. The lowest BCUT2D eigenvalue weighted by atomic mass is 10.1. The molecule has 0 radical (unpaired) electrons. The molecule has 1 aliphatic heterocycles. The number of nitrogens with one attached hydrogen (secondary N) is 1. The molecule has 1 fully saturated rings. The second kappa shape index (κ2) is 4.45. The first-order valence-electron chi connectivity index (χ1n) is 4.73. The molecule has 1 amide bonds. The van der Waals surface area contributed by atoms with Crippen molar-refractivity contribution in [3.63, 3.8) is 0 Å². The summed E-state index contributed by atoms with van der Waals surface area (Å²) in [5.41, 5.74) is 0.